The van der Waals surface area contributed by atoms with E-state index < -0.39 is 5.76 Å². The minimum Gasteiger partial charge on any atom is -0.325 e. The highest BCUT2D eigenvalue weighted by molar-refractivity contribution is 7.99. The van der Waals surface area contributed by atoms with E-state index in [1.807, 2.05) is 0 Å². The second kappa shape index (κ2) is 4.32. The summed E-state index contributed by atoms with van der Waals surface area (Å²) in [6.07, 6.45) is 1.42. The molecule has 1 heterocycles. The van der Waals surface area contributed by atoms with Crippen LogP contribution in [0.1, 0.15) is 5.69 Å². The molecule has 66 valence electrons. The van der Waals surface area contributed by atoms with Crippen molar-refractivity contribution in [1.82, 2.24) is 9.97 Å². The summed E-state index contributed by atoms with van der Waals surface area (Å²) in [4.78, 5) is 7.42. The van der Waals surface area contributed by atoms with E-state index in [9.17, 15) is 8.78 Å². The van der Waals surface area contributed by atoms with E-state index in [4.69, 9.17) is 5.73 Å². The Morgan fingerprint density at radius 3 is 2.92 bits per heavy atom. The lowest BCUT2D eigenvalue weighted by Crippen LogP contribution is -2.01. The molecule has 0 bridgehead atoms. The van der Waals surface area contributed by atoms with Gasteiger partial charge in [-0.15, -0.1) is 0 Å². The van der Waals surface area contributed by atoms with Gasteiger partial charge in [-0.2, -0.15) is 8.78 Å². The van der Waals surface area contributed by atoms with Crippen molar-refractivity contribution in [1.29, 1.82) is 0 Å². The van der Waals surface area contributed by atoms with Gasteiger partial charge in [0.2, 0.25) is 0 Å². The van der Waals surface area contributed by atoms with E-state index in [2.05, 4.69) is 9.97 Å². The topological polar surface area (TPSA) is 51.8 Å². The Balaban J connectivity index is 2.72. The molecule has 1 rings (SSSR count). The fourth-order valence-electron chi connectivity index (χ4n) is 0.626. The van der Waals surface area contributed by atoms with Gasteiger partial charge in [0.25, 0.3) is 5.76 Å². The minimum absolute atomic E-state index is 0.0629. The van der Waals surface area contributed by atoms with Gasteiger partial charge in [0.1, 0.15) is 0 Å². The van der Waals surface area contributed by atoms with Crippen LogP contribution in [0.5, 0.6) is 0 Å². The average Bonchev–Trinajstić information content (AvgIpc) is 2.03. The van der Waals surface area contributed by atoms with Crippen LogP contribution >= 0.6 is 11.8 Å². The van der Waals surface area contributed by atoms with Crippen molar-refractivity contribution >= 4 is 11.8 Å². The predicted molar refractivity (Wildman–Crippen MR) is 41.8 cm³/mol. The smallest absolute Gasteiger partial charge is 0.291 e. The molecular weight excluding hydrogens is 184 g/mol. The largest absolute Gasteiger partial charge is 0.325 e. The lowest BCUT2D eigenvalue weighted by atomic mass is 10.4. The monoisotopic (exact) mass is 191 g/mol. The van der Waals surface area contributed by atoms with E-state index in [1.54, 1.807) is 6.07 Å². The molecule has 0 fully saturated rings. The summed E-state index contributed by atoms with van der Waals surface area (Å²) in [7, 11) is 0. The molecule has 0 unspecified atom stereocenters. The summed E-state index contributed by atoms with van der Waals surface area (Å²) in [5.74, 6) is -2.49. The zero-order valence-electron chi connectivity index (χ0n) is 6.08. The van der Waals surface area contributed by atoms with Crippen molar-refractivity contribution in [2.75, 3.05) is 0 Å². The Kier molecular flexibility index (Phi) is 3.36. The van der Waals surface area contributed by atoms with Crippen molar-refractivity contribution in [2.45, 2.75) is 17.5 Å². The normalized spacial score (nSPS) is 10.7. The van der Waals surface area contributed by atoms with Crippen LogP contribution in [0.2, 0.25) is 0 Å². The van der Waals surface area contributed by atoms with Gasteiger partial charge in [0, 0.05) is 12.7 Å². The average molecular weight is 191 g/mol. The molecule has 0 saturated heterocycles. The Morgan fingerprint density at radius 1 is 1.58 bits per heavy atom. The fraction of sp³-hybridized carbons (Fsp3) is 0.333. The molecule has 0 saturated carbocycles. The molecule has 0 amide bonds. The van der Waals surface area contributed by atoms with E-state index >= 15 is 0 Å². The number of rotatable bonds is 3. The van der Waals surface area contributed by atoms with Crippen LogP contribution in [0.3, 0.4) is 0 Å². The van der Waals surface area contributed by atoms with Crippen LogP contribution in [0.4, 0.5) is 8.78 Å². The van der Waals surface area contributed by atoms with E-state index in [1.165, 1.54) is 6.20 Å². The van der Waals surface area contributed by atoms with E-state index in [-0.39, 0.29) is 11.7 Å². The third kappa shape index (κ3) is 2.71. The maximum atomic E-state index is 11.8. The number of alkyl halides is 2. The van der Waals surface area contributed by atoms with Gasteiger partial charge in [-0.1, -0.05) is 0 Å². The molecule has 3 nitrogen and oxygen atoms in total. The number of aromatic nitrogens is 2. The van der Waals surface area contributed by atoms with Crippen molar-refractivity contribution < 1.29 is 8.78 Å². The van der Waals surface area contributed by atoms with Gasteiger partial charge in [-0.3, -0.25) is 0 Å². The highest BCUT2D eigenvalue weighted by Gasteiger charge is 2.07. The van der Waals surface area contributed by atoms with Gasteiger partial charge in [0.15, 0.2) is 5.16 Å². The molecule has 0 aliphatic rings. The van der Waals surface area contributed by atoms with Crippen molar-refractivity contribution in [3.8, 4) is 0 Å². The summed E-state index contributed by atoms with van der Waals surface area (Å²) < 4.78 is 23.6. The summed E-state index contributed by atoms with van der Waals surface area (Å²) in [5.41, 5.74) is 5.83. The van der Waals surface area contributed by atoms with Gasteiger partial charge < -0.3 is 5.73 Å². The Morgan fingerprint density at radius 2 is 2.33 bits per heavy atom. The predicted octanol–water partition coefficient (Wildman–Crippen LogP) is 1.25. The van der Waals surface area contributed by atoms with Crippen LogP contribution < -0.4 is 5.73 Å². The molecule has 0 aliphatic carbocycles. The molecule has 0 radical (unpaired) electrons. The summed E-state index contributed by atoms with van der Waals surface area (Å²) in [6, 6.07) is 1.59. The first-order valence-electron chi connectivity index (χ1n) is 3.19. The molecule has 12 heavy (non-hydrogen) atoms. The maximum absolute atomic E-state index is 11.8. The first-order chi connectivity index (χ1) is 5.72. The summed E-state index contributed by atoms with van der Waals surface area (Å²) in [5, 5.41) is 0.0629. The number of hydrogen-bond donors (Lipinski definition) is 1. The van der Waals surface area contributed by atoms with Crippen LogP contribution in [-0.4, -0.2) is 15.7 Å². The fourth-order valence-corrected chi connectivity index (χ4v) is 1.08. The maximum Gasteiger partial charge on any atom is 0.291 e. The highest BCUT2D eigenvalue weighted by atomic mass is 32.2. The standard InChI is InChI=1S/C6H7F2N3S/c7-5(8)12-6-10-2-1-4(3-9)11-6/h1-2,5H,3,9H2. The highest BCUT2D eigenvalue weighted by Crippen LogP contribution is 2.20. The Labute approximate surface area is 72.4 Å². The molecule has 0 spiro atoms. The number of nitrogens with zero attached hydrogens (tertiary/aromatic N) is 2. The lowest BCUT2D eigenvalue weighted by Gasteiger charge is -1.99. The zero-order chi connectivity index (χ0) is 8.97. The molecule has 0 aromatic carbocycles. The Bertz CT molecular complexity index is 256. The van der Waals surface area contributed by atoms with Crippen LogP contribution in [0, 0.1) is 0 Å². The lowest BCUT2D eigenvalue weighted by molar-refractivity contribution is 0.251. The van der Waals surface area contributed by atoms with Crippen LogP contribution in [-0.2, 0) is 6.54 Å². The molecule has 6 heteroatoms. The third-order valence-electron chi connectivity index (χ3n) is 1.09. The number of thioether (sulfide) groups is 1. The number of hydrogen-bond acceptors (Lipinski definition) is 4. The number of halogens is 2. The molecule has 2 N–H and O–H groups in total. The van der Waals surface area contributed by atoms with Gasteiger partial charge in [0.05, 0.1) is 5.69 Å². The van der Waals surface area contributed by atoms with Gasteiger partial charge in [-0.25, -0.2) is 9.97 Å². The molecule has 0 aliphatic heterocycles. The van der Waals surface area contributed by atoms with Gasteiger partial charge >= 0.3 is 0 Å². The summed E-state index contributed by atoms with van der Waals surface area (Å²) in [6.45, 7) is 0.235. The molecule has 1 aromatic heterocycles. The SMILES string of the molecule is NCc1ccnc(SC(F)F)n1. The first kappa shape index (κ1) is 9.34. The van der Waals surface area contributed by atoms with Crippen molar-refractivity contribution in [3.05, 3.63) is 18.0 Å². The van der Waals surface area contributed by atoms with Crippen molar-refractivity contribution in [2.24, 2.45) is 5.73 Å². The summed E-state index contributed by atoms with van der Waals surface area (Å²) >= 11 is 0.317. The van der Waals surface area contributed by atoms with Gasteiger partial charge in [-0.05, 0) is 17.8 Å². The first-order valence-corrected chi connectivity index (χ1v) is 4.07. The van der Waals surface area contributed by atoms with Crippen LogP contribution in [0.15, 0.2) is 17.4 Å². The second-order valence-electron chi connectivity index (χ2n) is 1.91. The minimum atomic E-state index is -2.49. The Hall–Kier alpha value is -0.750. The second-order valence-corrected chi connectivity index (χ2v) is 2.87. The van der Waals surface area contributed by atoms with Crippen LogP contribution in [0.25, 0.3) is 0 Å². The third-order valence-corrected chi connectivity index (χ3v) is 1.68. The molecule has 1 aromatic rings. The number of nitrogens with two attached hydrogens (primary N) is 1. The molecular formula is C6H7F2N3S. The van der Waals surface area contributed by atoms with E-state index in [0.717, 1.165) is 0 Å². The van der Waals surface area contributed by atoms with Crippen molar-refractivity contribution in [3.63, 3.8) is 0 Å². The molecule has 0 atom stereocenters. The van der Waals surface area contributed by atoms with E-state index in [0.29, 0.717) is 17.5 Å². The zero-order valence-corrected chi connectivity index (χ0v) is 6.89. The quantitative estimate of drug-likeness (QED) is 0.577.